The number of hydrogen-bond acceptors (Lipinski definition) is 6. The summed E-state index contributed by atoms with van der Waals surface area (Å²) in [4.78, 5) is 40.8. The number of ether oxygens (including phenoxy) is 3. The first-order valence-corrected chi connectivity index (χ1v) is 10.9. The van der Waals surface area contributed by atoms with Crippen LogP contribution in [0.4, 0.5) is 11.4 Å². The van der Waals surface area contributed by atoms with E-state index in [4.69, 9.17) is 14.2 Å². The van der Waals surface area contributed by atoms with Gasteiger partial charge in [-0.25, -0.2) is 0 Å². The summed E-state index contributed by atoms with van der Waals surface area (Å²) in [6.07, 6.45) is 1.31. The van der Waals surface area contributed by atoms with Crippen LogP contribution < -0.4 is 19.7 Å². The molecule has 2 aromatic carbocycles. The van der Waals surface area contributed by atoms with Gasteiger partial charge in [-0.3, -0.25) is 14.4 Å². The van der Waals surface area contributed by atoms with Crippen molar-refractivity contribution >= 4 is 29.1 Å². The van der Waals surface area contributed by atoms with Gasteiger partial charge in [0.15, 0.2) is 18.1 Å². The molecule has 9 nitrogen and oxygen atoms in total. The second kappa shape index (κ2) is 10.4. The average molecular weight is 453 g/mol. The highest BCUT2D eigenvalue weighted by Crippen LogP contribution is 2.31. The van der Waals surface area contributed by atoms with Crippen LogP contribution in [0.3, 0.4) is 0 Å². The Morgan fingerprint density at radius 3 is 2.58 bits per heavy atom. The molecular weight excluding hydrogens is 426 g/mol. The quantitative estimate of drug-likeness (QED) is 0.691. The first kappa shape index (κ1) is 22.6. The third kappa shape index (κ3) is 5.25. The second-order valence-corrected chi connectivity index (χ2v) is 7.77. The van der Waals surface area contributed by atoms with Gasteiger partial charge in [-0.1, -0.05) is 12.1 Å². The van der Waals surface area contributed by atoms with Crippen molar-refractivity contribution in [3.63, 3.8) is 0 Å². The Labute approximate surface area is 192 Å². The molecule has 0 aliphatic carbocycles. The van der Waals surface area contributed by atoms with Crippen LogP contribution in [0.25, 0.3) is 0 Å². The van der Waals surface area contributed by atoms with E-state index < -0.39 is 0 Å². The lowest BCUT2D eigenvalue weighted by atomic mass is 10.1. The molecule has 9 heteroatoms. The zero-order valence-electron chi connectivity index (χ0n) is 18.5. The van der Waals surface area contributed by atoms with Crippen molar-refractivity contribution in [3.05, 3.63) is 48.0 Å². The molecule has 0 saturated carbocycles. The maximum atomic E-state index is 12.9. The van der Waals surface area contributed by atoms with E-state index in [0.29, 0.717) is 67.7 Å². The summed E-state index contributed by atoms with van der Waals surface area (Å²) in [5.74, 6) is 0.296. The lowest BCUT2D eigenvalue weighted by Crippen LogP contribution is -2.43. The third-order valence-electron chi connectivity index (χ3n) is 5.66. The van der Waals surface area contributed by atoms with Gasteiger partial charge in [-0.15, -0.1) is 0 Å². The minimum Gasteiger partial charge on any atom is -0.493 e. The van der Waals surface area contributed by atoms with Crippen LogP contribution in [0.15, 0.2) is 42.5 Å². The third-order valence-corrected chi connectivity index (χ3v) is 5.66. The van der Waals surface area contributed by atoms with Crippen LogP contribution in [0.2, 0.25) is 0 Å². The SMILES string of the molecule is COc1cc(C(=O)Nc2ccccc2N2CCCC2=O)ccc1OCC(=O)N1CCOCC1. The summed E-state index contributed by atoms with van der Waals surface area (Å²) >= 11 is 0. The summed E-state index contributed by atoms with van der Waals surface area (Å²) in [5, 5.41) is 2.89. The van der Waals surface area contributed by atoms with Crippen molar-refractivity contribution in [2.24, 2.45) is 0 Å². The maximum absolute atomic E-state index is 12.9. The van der Waals surface area contributed by atoms with Crippen molar-refractivity contribution in [1.29, 1.82) is 0 Å². The van der Waals surface area contributed by atoms with Crippen LogP contribution in [0.1, 0.15) is 23.2 Å². The average Bonchev–Trinajstić information content (AvgIpc) is 3.28. The summed E-state index contributed by atoms with van der Waals surface area (Å²) in [6.45, 7) is 2.64. The molecule has 3 amide bonds. The number of rotatable bonds is 7. The molecule has 2 aliphatic heterocycles. The zero-order chi connectivity index (χ0) is 23.2. The molecule has 0 aromatic heterocycles. The Bertz CT molecular complexity index is 1030. The first-order valence-electron chi connectivity index (χ1n) is 10.9. The van der Waals surface area contributed by atoms with Crippen LogP contribution >= 0.6 is 0 Å². The van der Waals surface area contributed by atoms with E-state index in [1.807, 2.05) is 18.2 Å². The standard InChI is InChI=1S/C24H27N3O6/c1-31-21-15-17(8-9-20(21)33-16-23(29)26-11-13-32-14-12-26)24(30)25-18-5-2-3-6-19(18)27-10-4-7-22(27)28/h2-3,5-6,8-9,15H,4,7,10-14,16H2,1H3,(H,25,30). The number of carbonyl (C=O) groups is 3. The highest BCUT2D eigenvalue weighted by atomic mass is 16.5. The number of amides is 3. The first-order chi connectivity index (χ1) is 16.1. The Morgan fingerprint density at radius 1 is 1.06 bits per heavy atom. The van der Waals surface area contributed by atoms with Crippen molar-refractivity contribution < 1.29 is 28.6 Å². The molecule has 0 spiro atoms. The Kier molecular flexibility index (Phi) is 7.09. The van der Waals surface area contributed by atoms with E-state index in [9.17, 15) is 14.4 Å². The van der Waals surface area contributed by atoms with Gasteiger partial charge in [0.2, 0.25) is 5.91 Å². The van der Waals surface area contributed by atoms with Gasteiger partial charge in [0.25, 0.3) is 11.8 Å². The Balaban J connectivity index is 1.44. The van der Waals surface area contributed by atoms with Gasteiger partial charge in [0, 0.05) is 31.6 Å². The highest BCUT2D eigenvalue weighted by Gasteiger charge is 2.24. The summed E-state index contributed by atoms with van der Waals surface area (Å²) in [5.41, 5.74) is 1.61. The number of para-hydroxylation sites is 2. The molecule has 33 heavy (non-hydrogen) atoms. The fourth-order valence-electron chi connectivity index (χ4n) is 3.88. The van der Waals surface area contributed by atoms with Crippen LogP contribution in [-0.2, 0) is 14.3 Å². The van der Waals surface area contributed by atoms with Gasteiger partial charge in [0.1, 0.15) is 0 Å². The molecule has 2 aliphatic rings. The van der Waals surface area contributed by atoms with Crippen LogP contribution in [0, 0.1) is 0 Å². The molecule has 0 atom stereocenters. The largest absolute Gasteiger partial charge is 0.493 e. The molecule has 2 aromatic rings. The highest BCUT2D eigenvalue weighted by molar-refractivity contribution is 6.08. The van der Waals surface area contributed by atoms with E-state index in [1.54, 1.807) is 34.1 Å². The summed E-state index contributed by atoms with van der Waals surface area (Å²) in [7, 11) is 1.47. The van der Waals surface area contributed by atoms with E-state index in [-0.39, 0.29) is 24.3 Å². The molecule has 174 valence electrons. The van der Waals surface area contributed by atoms with E-state index in [2.05, 4.69) is 5.32 Å². The maximum Gasteiger partial charge on any atom is 0.260 e. The van der Waals surface area contributed by atoms with Crippen LogP contribution in [-0.4, -0.2) is 69.2 Å². The molecular formula is C24H27N3O6. The molecule has 0 radical (unpaired) electrons. The molecule has 1 N–H and O–H groups in total. The number of anilines is 2. The molecule has 0 unspecified atom stereocenters. The van der Waals surface area contributed by atoms with Gasteiger partial charge >= 0.3 is 0 Å². The van der Waals surface area contributed by atoms with Crippen molar-refractivity contribution in [2.45, 2.75) is 12.8 Å². The van der Waals surface area contributed by atoms with Crippen molar-refractivity contribution in [3.8, 4) is 11.5 Å². The number of carbonyl (C=O) groups excluding carboxylic acids is 3. The molecule has 2 saturated heterocycles. The second-order valence-electron chi connectivity index (χ2n) is 7.77. The number of hydrogen-bond donors (Lipinski definition) is 1. The Hall–Kier alpha value is -3.59. The number of nitrogens with one attached hydrogen (secondary N) is 1. The predicted octanol–water partition coefficient (Wildman–Crippen LogP) is 2.31. The molecule has 4 rings (SSSR count). The number of methoxy groups -OCH3 is 1. The van der Waals surface area contributed by atoms with Crippen LogP contribution in [0.5, 0.6) is 11.5 Å². The molecule has 0 bridgehead atoms. The number of benzene rings is 2. The fraction of sp³-hybridized carbons (Fsp3) is 0.375. The van der Waals surface area contributed by atoms with Gasteiger partial charge in [0.05, 0.1) is 31.7 Å². The van der Waals surface area contributed by atoms with E-state index >= 15 is 0 Å². The topological polar surface area (TPSA) is 97.4 Å². The summed E-state index contributed by atoms with van der Waals surface area (Å²) in [6, 6.07) is 12.0. The van der Waals surface area contributed by atoms with E-state index in [0.717, 1.165) is 6.42 Å². The smallest absolute Gasteiger partial charge is 0.260 e. The lowest BCUT2D eigenvalue weighted by molar-refractivity contribution is -0.137. The molecule has 2 heterocycles. The summed E-state index contributed by atoms with van der Waals surface area (Å²) < 4.78 is 16.3. The van der Waals surface area contributed by atoms with E-state index in [1.165, 1.54) is 7.11 Å². The monoisotopic (exact) mass is 453 g/mol. The minimum atomic E-state index is -0.344. The lowest BCUT2D eigenvalue weighted by Gasteiger charge is -2.26. The fourth-order valence-corrected chi connectivity index (χ4v) is 3.88. The van der Waals surface area contributed by atoms with Crippen molar-refractivity contribution in [2.75, 3.05) is 56.8 Å². The minimum absolute atomic E-state index is 0.0477. The molecule has 2 fully saturated rings. The van der Waals surface area contributed by atoms with Gasteiger partial charge in [-0.2, -0.15) is 0 Å². The zero-order valence-corrected chi connectivity index (χ0v) is 18.5. The number of nitrogens with zero attached hydrogens (tertiary/aromatic N) is 2. The normalized spacial score (nSPS) is 16.0. The predicted molar refractivity (Wildman–Crippen MR) is 122 cm³/mol. The van der Waals surface area contributed by atoms with Gasteiger partial charge < -0.3 is 29.3 Å². The van der Waals surface area contributed by atoms with Gasteiger partial charge in [-0.05, 0) is 36.8 Å². The number of morpholine rings is 1. The Morgan fingerprint density at radius 2 is 1.85 bits per heavy atom. The van der Waals surface area contributed by atoms with Crippen molar-refractivity contribution in [1.82, 2.24) is 4.90 Å².